The van der Waals surface area contributed by atoms with E-state index < -0.39 is 49.0 Å². The zero-order valence-corrected chi connectivity index (χ0v) is 8.95. The predicted octanol–water partition coefficient (Wildman–Crippen LogP) is 5.34. The third-order valence-corrected chi connectivity index (χ3v) is 1.31. The topological polar surface area (TPSA) is 0 Å². The van der Waals surface area contributed by atoms with E-state index in [-0.39, 0.29) is 0 Å². The monoisotopic (exact) mass is 328 g/mol. The van der Waals surface area contributed by atoms with Crippen molar-refractivity contribution in [1.29, 1.82) is 0 Å². The summed E-state index contributed by atoms with van der Waals surface area (Å²) < 4.78 is 135. The first-order valence-electron chi connectivity index (χ1n) is 4.13. The molecule has 0 amide bonds. The van der Waals surface area contributed by atoms with E-state index in [2.05, 4.69) is 0 Å². The van der Waals surface area contributed by atoms with Gasteiger partial charge in [-0.1, -0.05) is 0 Å². The number of allylic oxidation sites excluding steroid dienone is 2. The van der Waals surface area contributed by atoms with E-state index >= 15 is 0 Å². The smallest absolute Gasteiger partial charge is 0.244 e. The number of hydrogen-bond donors (Lipinski definition) is 0. The number of hydrogen-bond acceptors (Lipinski definition) is 0. The Morgan fingerprint density at radius 1 is 0.550 bits per heavy atom. The molecule has 0 N–H and O–H groups in total. The molecule has 0 aromatic carbocycles. The largest absolute Gasteiger partial charge is 0.331 e. The molecular weight excluding hydrogens is 324 g/mol. The van der Waals surface area contributed by atoms with Crippen molar-refractivity contribution in [1.82, 2.24) is 0 Å². The summed E-state index contributed by atoms with van der Waals surface area (Å²) in [6.45, 7) is -4.92. The summed E-state index contributed by atoms with van der Waals surface area (Å²) in [4.78, 5) is 0. The van der Waals surface area contributed by atoms with Crippen molar-refractivity contribution < 1.29 is 52.7 Å². The van der Waals surface area contributed by atoms with Gasteiger partial charge in [-0.3, -0.25) is 0 Å². The highest BCUT2D eigenvalue weighted by Gasteiger charge is 2.39. The molecule has 120 valence electrons. The van der Waals surface area contributed by atoms with Crippen molar-refractivity contribution in [2.75, 3.05) is 13.3 Å². The Bertz CT molecular complexity index is 324. The average Bonchev–Trinajstić information content (AvgIpc) is 2.37. The van der Waals surface area contributed by atoms with Crippen molar-refractivity contribution in [3.63, 3.8) is 0 Å². The highest BCUT2D eigenvalue weighted by molar-refractivity contribution is 5.04. The van der Waals surface area contributed by atoms with Gasteiger partial charge in [0.25, 0.3) is 0 Å². The zero-order chi connectivity index (χ0) is 16.7. The van der Waals surface area contributed by atoms with Gasteiger partial charge in [-0.25, -0.2) is 8.78 Å². The zero-order valence-electron chi connectivity index (χ0n) is 8.95. The van der Waals surface area contributed by atoms with Crippen molar-refractivity contribution in [2.45, 2.75) is 11.8 Å². The number of alkyl halides is 6. The molecule has 0 aromatic heterocycles. The van der Waals surface area contributed by atoms with Crippen LogP contribution in [-0.2, 0) is 0 Å². The molecule has 20 heavy (non-hydrogen) atoms. The Hall–Kier alpha value is -1.36. The van der Waals surface area contributed by atoms with E-state index in [0.29, 0.717) is 0 Å². The van der Waals surface area contributed by atoms with Gasteiger partial charge in [-0.15, -0.1) is 0 Å². The van der Waals surface area contributed by atoms with Gasteiger partial charge in [-0.2, -0.15) is 43.9 Å². The predicted molar refractivity (Wildman–Crippen MR) is 42.5 cm³/mol. The summed E-state index contributed by atoms with van der Waals surface area (Å²) in [5, 5.41) is 0. The SMILES string of the molecule is FCC(F)(F)C(F)=C(F)F.FCC(F)(F)C(F)=C(F)F. The average molecular weight is 328 g/mol. The van der Waals surface area contributed by atoms with Gasteiger partial charge >= 0.3 is 24.0 Å². The first-order chi connectivity index (χ1) is 8.83. The fourth-order valence-electron chi connectivity index (χ4n) is 0.394. The molecule has 0 aliphatic carbocycles. The van der Waals surface area contributed by atoms with Crippen LogP contribution < -0.4 is 0 Å². The highest BCUT2D eigenvalue weighted by atomic mass is 19.3. The summed E-state index contributed by atoms with van der Waals surface area (Å²) in [5.74, 6) is -15.4. The fraction of sp³-hybridized carbons (Fsp3) is 0.500. The van der Waals surface area contributed by atoms with E-state index in [1.54, 1.807) is 0 Å². The van der Waals surface area contributed by atoms with Crippen molar-refractivity contribution >= 4 is 0 Å². The van der Waals surface area contributed by atoms with Crippen LogP contribution in [0.4, 0.5) is 52.7 Å². The molecule has 0 rings (SSSR count). The third-order valence-electron chi connectivity index (χ3n) is 1.31. The molecule has 0 saturated carbocycles. The van der Waals surface area contributed by atoms with Crippen LogP contribution in [0.1, 0.15) is 0 Å². The van der Waals surface area contributed by atoms with E-state index in [0.717, 1.165) is 0 Å². The molecule has 0 aliphatic heterocycles. The van der Waals surface area contributed by atoms with Gasteiger partial charge < -0.3 is 0 Å². The molecule has 0 aromatic rings. The lowest BCUT2D eigenvalue weighted by molar-refractivity contribution is -0.0121. The lowest BCUT2D eigenvalue weighted by atomic mass is 10.3. The van der Waals surface area contributed by atoms with Crippen molar-refractivity contribution in [3.8, 4) is 0 Å². The minimum Gasteiger partial charge on any atom is -0.244 e. The van der Waals surface area contributed by atoms with Gasteiger partial charge in [0.15, 0.2) is 13.3 Å². The Morgan fingerprint density at radius 3 is 0.800 bits per heavy atom. The second-order valence-corrected chi connectivity index (χ2v) is 2.82. The van der Waals surface area contributed by atoms with Gasteiger partial charge in [0.05, 0.1) is 0 Å². The molecule has 0 spiro atoms. The summed E-state index contributed by atoms with van der Waals surface area (Å²) in [7, 11) is 0. The van der Waals surface area contributed by atoms with Gasteiger partial charge in [0, 0.05) is 0 Å². The van der Waals surface area contributed by atoms with Crippen molar-refractivity contribution in [3.05, 3.63) is 23.8 Å². The first kappa shape index (κ1) is 20.9. The summed E-state index contributed by atoms with van der Waals surface area (Å²) in [6.07, 6.45) is -6.38. The Labute approximate surface area is 103 Å². The molecule has 0 nitrogen and oxygen atoms in total. The number of halogens is 12. The van der Waals surface area contributed by atoms with Gasteiger partial charge in [-0.05, 0) is 0 Å². The molecule has 0 saturated heterocycles. The lowest BCUT2D eigenvalue weighted by Gasteiger charge is -2.06. The van der Waals surface area contributed by atoms with Crippen LogP contribution in [0.15, 0.2) is 23.8 Å². The standard InChI is InChI=1S/2C4H2F6/c2*5-1-4(9,10)2(6)3(7)8/h2*1H2. The van der Waals surface area contributed by atoms with Crippen LogP contribution in [0.25, 0.3) is 0 Å². The summed E-state index contributed by atoms with van der Waals surface area (Å²) >= 11 is 0. The molecule has 0 fully saturated rings. The summed E-state index contributed by atoms with van der Waals surface area (Å²) in [6, 6.07) is 0. The van der Waals surface area contributed by atoms with Crippen LogP contribution in [0.2, 0.25) is 0 Å². The molecular formula is C8H4F12. The minimum atomic E-state index is -4.68. The maximum atomic E-state index is 11.5. The number of rotatable bonds is 4. The molecule has 0 atom stereocenters. The Kier molecular flexibility index (Phi) is 8.43. The van der Waals surface area contributed by atoms with Crippen molar-refractivity contribution in [2.24, 2.45) is 0 Å². The van der Waals surface area contributed by atoms with Gasteiger partial charge in [0.1, 0.15) is 0 Å². The van der Waals surface area contributed by atoms with Gasteiger partial charge in [0.2, 0.25) is 11.7 Å². The lowest BCUT2D eigenvalue weighted by Crippen LogP contribution is -2.19. The maximum absolute atomic E-state index is 11.5. The normalized spacial score (nSPS) is 11.4. The molecule has 0 unspecified atom stereocenters. The minimum absolute atomic E-state index is 2.46. The quantitative estimate of drug-likeness (QED) is 0.611. The van der Waals surface area contributed by atoms with Crippen LogP contribution >= 0.6 is 0 Å². The van der Waals surface area contributed by atoms with Crippen LogP contribution in [0.3, 0.4) is 0 Å². The van der Waals surface area contributed by atoms with Crippen LogP contribution in [-0.4, -0.2) is 25.2 Å². The fourth-order valence-corrected chi connectivity index (χ4v) is 0.394. The Morgan fingerprint density at radius 2 is 0.750 bits per heavy atom. The van der Waals surface area contributed by atoms with Crippen LogP contribution in [0.5, 0.6) is 0 Å². The van der Waals surface area contributed by atoms with Crippen LogP contribution in [0, 0.1) is 0 Å². The Balaban J connectivity index is 0. The molecule has 0 heterocycles. The van der Waals surface area contributed by atoms with E-state index in [1.165, 1.54) is 0 Å². The second kappa shape index (κ2) is 8.04. The third kappa shape index (κ3) is 6.70. The molecule has 0 bridgehead atoms. The highest BCUT2D eigenvalue weighted by Crippen LogP contribution is 2.30. The van der Waals surface area contributed by atoms with E-state index in [1.807, 2.05) is 0 Å². The molecule has 0 aliphatic rings. The molecule has 12 heteroatoms. The van der Waals surface area contributed by atoms with E-state index in [4.69, 9.17) is 0 Å². The first-order valence-corrected chi connectivity index (χ1v) is 4.13. The molecule has 0 radical (unpaired) electrons. The summed E-state index contributed by atoms with van der Waals surface area (Å²) in [5.41, 5.74) is 0. The maximum Gasteiger partial charge on any atom is 0.331 e. The second-order valence-electron chi connectivity index (χ2n) is 2.82. The van der Waals surface area contributed by atoms with E-state index in [9.17, 15) is 52.7 Å².